The summed E-state index contributed by atoms with van der Waals surface area (Å²) in [7, 11) is 1.21. The van der Waals surface area contributed by atoms with Crippen LogP contribution in [0.5, 0.6) is 0 Å². The minimum absolute atomic E-state index is 0.00673. The summed E-state index contributed by atoms with van der Waals surface area (Å²) >= 11 is 6.31. The fourth-order valence-electron chi connectivity index (χ4n) is 4.00. The Morgan fingerprint density at radius 3 is 2.82 bits per heavy atom. The minimum Gasteiger partial charge on any atom is -0.469 e. The molecule has 2 unspecified atom stereocenters. The number of nitrogens with zero attached hydrogens (tertiary/aromatic N) is 4. The molecule has 10 heteroatoms. The van der Waals surface area contributed by atoms with Gasteiger partial charge in [-0.05, 0) is 24.1 Å². The van der Waals surface area contributed by atoms with Crippen LogP contribution in [0.2, 0.25) is 5.02 Å². The molecule has 0 aliphatic carbocycles. The number of hydrogen-bond acceptors (Lipinski definition) is 6. The summed E-state index contributed by atoms with van der Waals surface area (Å²) in [6, 6.07) is 7.31. The molecule has 2 heterocycles. The Morgan fingerprint density at radius 2 is 2.24 bits per heavy atom. The third-order valence-corrected chi connectivity index (χ3v) is 6.27. The van der Waals surface area contributed by atoms with E-state index in [0.717, 1.165) is 5.56 Å². The number of hydrogen-bond donors (Lipinski definition) is 1. The van der Waals surface area contributed by atoms with Crippen molar-refractivity contribution in [1.82, 2.24) is 14.7 Å². The Kier molecular flexibility index (Phi) is 7.37. The number of likely N-dealkylation sites (tertiary alicyclic amines) is 1. The van der Waals surface area contributed by atoms with Crippen molar-refractivity contribution in [1.29, 1.82) is 5.26 Å². The number of primary amides is 1. The standard InChI is InChI=1S/C23H23ClFN5O3/c1-3-15-4-5-16(18(24)10-15)12-29-9-7-23(6-8-26,20(25)14-29)30-13-17(22(27)32)19(28-30)11-21(31)33-2/h1,4-5,10,13,20H,6-7,9,11-12,14H2,2H3,(H2,27,32). The largest absolute Gasteiger partial charge is 0.469 e. The van der Waals surface area contributed by atoms with Gasteiger partial charge in [-0.25, -0.2) is 4.39 Å². The maximum Gasteiger partial charge on any atom is 0.311 e. The quantitative estimate of drug-likeness (QED) is 0.489. The Hall–Kier alpha value is -3.40. The molecule has 1 amide bonds. The van der Waals surface area contributed by atoms with Crippen LogP contribution >= 0.6 is 11.6 Å². The van der Waals surface area contributed by atoms with Gasteiger partial charge in [0.2, 0.25) is 0 Å². The summed E-state index contributed by atoms with van der Waals surface area (Å²) in [5.41, 5.74) is 5.68. The van der Waals surface area contributed by atoms with Gasteiger partial charge in [-0.1, -0.05) is 23.6 Å². The number of piperidine rings is 1. The number of amides is 1. The summed E-state index contributed by atoms with van der Waals surface area (Å²) in [5.74, 6) is 1.10. The Morgan fingerprint density at radius 1 is 1.48 bits per heavy atom. The molecule has 1 aliphatic rings. The van der Waals surface area contributed by atoms with Crippen molar-refractivity contribution >= 4 is 23.5 Å². The van der Waals surface area contributed by atoms with Crippen LogP contribution in [0.3, 0.4) is 0 Å². The zero-order chi connectivity index (χ0) is 24.2. The van der Waals surface area contributed by atoms with Gasteiger partial charge in [0.25, 0.3) is 5.91 Å². The van der Waals surface area contributed by atoms with Gasteiger partial charge >= 0.3 is 5.97 Å². The average molecular weight is 472 g/mol. The highest BCUT2D eigenvalue weighted by atomic mass is 35.5. The number of alkyl halides is 1. The zero-order valence-electron chi connectivity index (χ0n) is 18.1. The first-order valence-corrected chi connectivity index (χ1v) is 10.6. The summed E-state index contributed by atoms with van der Waals surface area (Å²) in [5, 5.41) is 14.2. The van der Waals surface area contributed by atoms with E-state index in [1.54, 1.807) is 12.1 Å². The predicted octanol–water partition coefficient (Wildman–Crippen LogP) is 2.19. The first kappa shape index (κ1) is 24.2. The van der Waals surface area contributed by atoms with Gasteiger partial charge in [-0.15, -0.1) is 6.42 Å². The van der Waals surface area contributed by atoms with Crippen molar-refractivity contribution in [3.63, 3.8) is 0 Å². The van der Waals surface area contributed by atoms with Crippen molar-refractivity contribution in [3.8, 4) is 18.4 Å². The molecule has 2 atom stereocenters. The predicted molar refractivity (Wildman–Crippen MR) is 119 cm³/mol. The third-order valence-electron chi connectivity index (χ3n) is 5.91. The second-order valence-electron chi connectivity index (χ2n) is 7.89. The molecule has 1 aliphatic heterocycles. The Labute approximate surface area is 196 Å². The first-order valence-electron chi connectivity index (χ1n) is 10.2. The number of carbonyl (C=O) groups is 2. The molecule has 1 aromatic carbocycles. The number of nitriles is 1. The van der Waals surface area contributed by atoms with Gasteiger partial charge in [0, 0.05) is 36.4 Å². The van der Waals surface area contributed by atoms with Crippen molar-refractivity contribution < 1.29 is 18.7 Å². The number of esters is 1. The lowest BCUT2D eigenvalue weighted by molar-refractivity contribution is -0.139. The van der Waals surface area contributed by atoms with Crippen LogP contribution in [-0.4, -0.2) is 52.9 Å². The fourth-order valence-corrected chi connectivity index (χ4v) is 4.24. The van der Waals surface area contributed by atoms with Crippen molar-refractivity contribution in [3.05, 3.63) is 51.8 Å². The molecule has 3 rings (SSSR count). The normalized spacial score (nSPS) is 20.6. The minimum atomic E-state index is -1.48. The van der Waals surface area contributed by atoms with Gasteiger partial charge in [0.15, 0.2) is 0 Å². The molecule has 172 valence electrons. The van der Waals surface area contributed by atoms with E-state index in [0.29, 0.717) is 23.7 Å². The number of nitrogens with two attached hydrogens (primary N) is 1. The molecular formula is C23H23ClFN5O3. The van der Waals surface area contributed by atoms with Crippen molar-refractivity contribution in [2.75, 3.05) is 20.2 Å². The van der Waals surface area contributed by atoms with E-state index >= 15 is 4.39 Å². The number of methoxy groups -OCH3 is 1. The summed E-state index contributed by atoms with van der Waals surface area (Å²) < 4.78 is 21.6. The number of benzene rings is 1. The summed E-state index contributed by atoms with van der Waals surface area (Å²) in [4.78, 5) is 25.5. The molecule has 2 aromatic rings. The number of aromatic nitrogens is 2. The van der Waals surface area contributed by atoms with Crippen LogP contribution in [0, 0.1) is 23.7 Å². The molecule has 0 bridgehead atoms. The van der Waals surface area contributed by atoms with Crippen LogP contribution in [0.1, 0.15) is 40.0 Å². The van der Waals surface area contributed by atoms with E-state index < -0.39 is 23.6 Å². The van der Waals surface area contributed by atoms with Gasteiger partial charge < -0.3 is 10.5 Å². The second-order valence-corrected chi connectivity index (χ2v) is 8.30. The zero-order valence-corrected chi connectivity index (χ0v) is 18.8. The summed E-state index contributed by atoms with van der Waals surface area (Å²) in [6.07, 6.45) is 5.01. The monoisotopic (exact) mass is 471 g/mol. The SMILES string of the molecule is C#Cc1ccc(CN2CCC(CC#N)(n3cc(C(N)=O)c(CC(=O)OC)n3)C(F)C2)c(Cl)c1. The lowest BCUT2D eigenvalue weighted by atomic mass is 9.83. The number of ether oxygens (including phenoxy) is 1. The van der Waals surface area contributed by atoms with E-state index in [1.807, 2.05) is 17.0 Å². The molecule has 33 heavy (non-hydrogen) atoms. The molecule has 2 N–H and O–H groups in total. The molecule has 0 radical (unpaired) electrons. The van der Waals surface area contributed by atoms with E-state index in [4.69, 9.17) is 23.8 Å². The van der Waals surface area contributed by atoms with Gasteiger partial charge in [-0.3, -0.25) is 19.2 Å². The maximum atomic E-state index is 15.7. The Bertz CT molecular complexity index is 1150. The van der Waals surface area contributed by atoms with Crippen LogP contribution in [0.25, 0.3) is 0 Å². The number of halogens is 2. The van der Waals surface area contributed by atoms with Crippen LogP contribution in [0.15, 0.2) is 24.4 Å². The van der Waals surface area contributed by atoms with Gasteiger partial charge in [0.05, 0.1) is 37.3 Å². The first-order chi connectivity index (χ1) is 15.7. The highest BCUT2D eigenvalue weighted by Gasteiger charge is 2.46. The van der Waals surface area contributed by atoms with Crippen LogP contribution in [0.4, 0.5) is 4.39 Å². The topological polar surface area (TPSA) is 114 Å². The average Bonchev–Trinajstić information content (AvgIpc) is 3.21. The molecule has 1 aromatic heterocycles. The second kappa shape index (κ2) is 10.0. The van der Waals surface area contributed by atoms with Crippen LogP contribution < -0.4 is 5.73 Å². The van der Waals surface area contributed by atoms with E-state index in [9.17, 15) is 14.9 Å². The number of carbonyl (C=O) groups excluding carboxylic acids is 2. The van der Waals surface area contributed by atoms with Crippen molar-refractivity contribution in [2.45, 2.75) is 37.5 Å². The Balaban J connectivity index is 1.87. The molecular weight excluding hydrogens is 449 g/mol. The number of rotatable bonds is 7. The molecule has 0 saturated carbocycles. The smallest absolute Gasteiger partial charge is 0.311 e. The lowest BCUT2D eigenvalue weighted by Gasteiger charge is -2.43. The molecule has 1 saturated heterocycles. The van der Waals surface area contributed by atoms with E-state index in [-0.39, 0.29) is 37.1 Å². The summed E-state index contributed by atoms with van der Waals surface area (Å²) in [6.45, 7) is 0.881. The highest BCUT2D eigenvalue weighted by Crippen LogP contribution is 2.37. The van der Waals surface area contributed by atoms with Gasteiger partial charge in [-0.2, -0.15) is 10.4 Å². The molecule has 8 nitrogen and oxygen atoms in total. The lowest BCUT2D eigenvalue weighted by Crippen LogP contribution is -2.54. The van der Waals surface area contributed by atoms with E-state index in [1.165, 1.54) is 18.0 Å². The maximum absolute atomic E-state index is 15.7. The molecule has 0 spiro atoms. The molecule has 1 fully saturated rings. The van der Waals surface area contributed by atoms with Gasteiger partial charge in [0.1, 0.15) is 11.7 Å². The van der Waals surface area contributed by atoms with Crippen molar-refractivity contribution in [2.24, 2.45) is 5.73 Å². The van der Waals surface area contributed by atoms with E-state index in [2.05, 4.69) is 15.8 Å². The third kappa shape index (κ3) is 5.00. The number of terminal acetylenes is 1. The van der Waals surface area contributed by atoms with Crippen LogP contribution in [-0.2, 0) is 28.0 Å². The highest BCUT2D eigenvalue weighted by molar-refractivity contribution is 6.31. The fraction of sp³-hybridized carbons (Fsp3) is 0.391.